The largest absolute Gasteiger partial charge is 0.490 e. The van der Waals surface area contributed by atoms with Gasteiger partial charge in [0.25, 0.3) is 11.8 Å². The zero-order valence-corrected chi connectivity index (χ0v) is 22.2. The predicted octanol–water partition coefficient (Wildman–Crippen LogP) is 6.19. The Labute approximate surface area is 225 Å². The SMILES string of the molecule is CCOc1cc(/C=C2\C(=O)NC(=O)N(c3cccc(Cl)c3C)C2=O)cc(Br)c1OCc1ccc(F)cc1. The molecule has 0 unspecified atom stereocenters. The second kappa shape index (κ2) is 11.1. The summed E-state index contributed by atoms with van der Waals surface area (Å²) in [7, 11) is 0. The molecule has 190 valence electrons. The third kappa shape index (κ3) is 5.68. The van der Waals surface area contributed by atoms with Crippen LogP contribution in [0.15, 0.2) is 64.6 Å². The number of hydrogen-bond acceptors (Lipinski definition) is 5. The first kappa shape index (κ1) is 26.4. The van der Waals surface area contributed by atoms with Crippen LogP contribution in [0.25, 0.3) is 6.08 Å². The molecule has 1 aliphatic rings. The lowest BCUT2D eigenvalue weighted by Gasteiger charge is -2.27. The molecule has 0 saturated carbocycles. The van der Waals surface area contributed by atoms with Gasteiger partial charge in [0.1, 0.15) is 18.0 Å². The second-order valence-electron chi connectivity index (χ2n) is 8.02. The molecule has 7 nitrogen and oxygen atoms in total. The minimum Gasteiger partial charge on any atom is -0.490 e. The van der Waals surface area contributed by atoms with Crippen molar-refractivity contribution in [2.75, 3.05) is 11.5 Å². The first-order valence-electron chi connectivity index (χ1n) is 11.2. The number of hydrogen-bond donors (Lipinski definition) is 1. The number of halogens is 3. The average molecular weight is 588 g/mol. The van der Waals surface area contributed by atoms with Gasteiger partial charge in [-0.2, -0.15) is 0 Å². The smallest absolute Gasteiger partial charge is 0.335 e. The number of imide groups is 2. The van der Waals surface area contributed by atoms with Crippen molar-refractivity contribution >= 4 is 57.1 Å². The lowest BCUT2D eigenvalue weighted by Crippen LogP contribution is -2.54. The molecule has 3 aromatic carbocycles. The Morgan fingerprint density at radius 2 is 1.81 bits per heavy atom. The summed E-state index contributed by atoms with van der Waals surface area (Å²) >= 11 is 9.64. The van der Waals surface area contributed by atoms with E-state index >= 15 is 0 Å². The van der Waals surface area contributed by atoms with Crippen molar-refractivity contribution in [3.8, 4) is 11.5 Å². The van der Waals surface area contributed by atoms with Crippen LogP contribution in [0.3, 0.4) is 0 Å². The van der Waals surface area contributed by atoms with Crippen LogP contribution in [0.5, 0.6) is 11.5 Å². The summed E-state index contributed by atoms with van der Waals surface area (Å²) < 4.78 is 25.4. The van der Waals surface area contributed by atoms with Crippen LogP contribution >= 0.6 is 27.5 Å². The first-order chi connectivity index (χ1) is 17.7. The van der Waals surface area contributed by atoms with Crippen molar-refractivity contribution in [1.29, 1.82) is 0 Å². The number of ether oxygens (including phenoxy) is 2. The molecule has 0 aromatic heterocycles. The molecule has 1 fully saturated rings. The van der Waals surface area contributed by atoms with Crippen molar-refractivity contribution in [2.24, 2.45) is 0 Å². The molecule has 1 saturated heterocycles. The number of carbonyl (C=O) groups is 3. The van der Waals surface area contributed by atoms with Crippen LogP contribution in [0.2, 0.25) is 5.02 Å². The third-order valence-corrected chi connectivity index (χ3v) is 6.52. The quantitative estimate of drug-likeness (QED) is 0.263. The molecule has 1 heterocycles. The van der Waals surface area contributed by atoms with Crippen LogP contribution in [0.4, 0.5) is 14.9 Å². The highest BCUT2D eigenvalue weighted by molar-refractivity contribution is 9.10. The van der Waals surface area contributed by atoms with E-state index in [9.17, 15) is 18.8 Å². The van der Waals surface area contributed by atoms with Crippen molar-refractivity contribution in [3.05, 3.63) is 92.2 Å². The molecule has 0 bridgehead atoms. The summed E-state index contributed by atoms with van der Waals surface area (Å²) in [5.74, 6) is -1.18. The molecule has 4 amide bonds. The normalized spacial score (nSPS) is 14.7. The predicted molar refractivity (Wildman–Crippen MR) is 141 cm³/mol. The average Bonchev–Trinajstić information content (AvgIpc) is 2.85. The summed E-state index contributed by atoms with van der Waals surface area (Å²) in [5, 5.41) is 2.58. The van der Waals surface area contributed by atoms with Gasteiger partial charge in [-0.05, 0) is 88.9 Å². The van der Waals surface area contributed by atoms with Crippen molar-refractivity contribution in [3.63, 3.8) is 0 Å². The molecule has 0 atom stereocenters. The number of nitrogens with zero attached hydrogens (tertiary/aromatic N) is 1. The Morgan fingerprint density at radius 1 is 1.08 bits per heavy atom. The summed E-state index contributed by atoms with van der Waals surface area (Å²) in [5.41, 5.74) is 1.76. The fraction of sp³-hybridized carbons (Fsp3) is 0.148. The summed E-state index contributed by atoms with van der Waals surface area (Å²) in [6, 6.07) is 13.2. The van der Waals surface area contributed by atoms with Gasteiger partial charge in [0, 0.05) is 5.02 Å². The molecule has 0 aliphatic carbocycles. The van der Waals surface area contributed by atoms with E-state index in [0.29, 0.717) is 38.7 Å². The van der Waals surface area contributed by atoms with Crippen LogP contribution in [0, 0.1) is 12.7 Å². The first-order valence-corrected chi connectivity index (χ1v) is 12.4. The van der Waals surface area contributed by atoms with E-state index in [0.717, 1.165) is 10.5 Å². The third-order valence-electron chi connectivity index (χ3n) is 5.52. The zero-order valence-electron chi connectivity index (χ0n) is 19.8. The van der Waals surface area contributed by atoms with Gasteiger partial charge in [-0.1, -0.05) is 29.8 Å². The molecule has 3 aromatic rings. The zero-order chi connectivity index (χ0) is 26.7. The fourth-order valence-corrected chi connectivity index (χ4v) is 4.44. The number of nitrogens with one attached hydrogen (secondary N) is 1. The van der Waals surface area contributed by atoms with E-state index in [1.54, 1.807) is 56.3 Å². The number of benzene rings is 3. The molecule has 1 N–H and O–H groups in total. The molecule has 37 heavy (non-hydrogen) atoms. The van der Waals surface area contributed by atoms with Gasteiger partial charge in [0.05, 0.1) is 16.8 Å². The van der Waals surface area contributed by atoms with E-state index in [1.807, 2.05) is 0 Å². The summed E-state index contributed by atoms with van der Waals surface area (Å²) in [6.45, 7) is 3.97. The number of urea groups is 1. The number of rotatable bonds is 7. The van der Waals surface area contributed by atoms with E-state index in [4.69, 9.17) is 21.1 Å². The standard InChI is InChI=1S/C27H21BrClFN2O5/c1-3-36-23-13-17(12-20(28)24(23)37-14-16-7-9-18(30)10-8-16)11-19-25(33)31-27(35)32(26(19)34)22-6-4-5-21(29)15(22)2/h4-13H,3,14H2,1-2H3,(H,31,33,35)/b19-11+. The fourth-order valence-electron chi connectivity index (χ4n) is 3.69. The van der Waals surface area contributed by atoms with Crippen LogP contribution in [0.1, 0.15) is 23.6 Å². The minimum absolute atomic E-state index is 0.163. The van der Waals surface area contributed by atoms with E-state index in [-0.39, 0.29) is 23.7 Å². The number of amides is 4. The summed E-state index contributed by atoms with van der Waals surface area (Å²) in [4.78, 5) is 39.4. The molecule has 10 heteroatoms. The van der Waals surface area contributed by atoms with Gasteiger partial charge < -0.3 is 9.47 Å². The van der Waals surface area contributed by atoms with E-state index in [2.05, 4.69) is 21.2 Å². The minimum atomic E-state index is -0.863. The maximum Gasteiger partial charge on any atom is 0.335 e. The molecular weight excluding hydrogens is 567 g/mol. The lowest BCUT2D eigenvalue weighted by molar-refractivity contribution is -0.122. The highest BCUT2D eigenvalue weighted by atomic mass is 79.9. The Hall–Kier alpha value is -3.69. The second-order valence-corrected chi connectivity index (χ2v) is 9.28. The number of barbiturate groups is 1. The topological polar surface area (TPSA) is 84.9 Å². The molecule has 4 rings (SSSR count). The Balaban J connectivity index is 1.67. The Kier molecular flexibility index (Phi) is 7.94. The maximum atomic E-state index is 13.3. The van der Waals surface area contributed by atoms with Gasteiger partial charge in [-0.25, -0.2) is 14.1 Å². The monoisotopic (exact) mass is 586 g/mol. The van der Waals surface area contributed by atoms with Crippen molar-refractivity contribution in [2.45, 2.75) is 20.5 Å². The van der Waals surface area contributed by atoms with E-state index in [1.165, 1.54) is 18.2 Å². The highest BCUT2D eigenvalue weighted by Crippen LogP contribution is 2.38. The van der Waals surface area contributed by atoms with Crippen LogP contribution in [-0.2, 0) is 16.2 Å². The van der Waals surface area contributed by atoms with Crippen LogP contribution < -0.4 is 19.7 Å². The molecule has 1 aliphatic heterocycles. The molecule has 0 spiro atoms. The van der Waals surface area contributed by atoms with Gasteiger partial charge in [0.2, 0.25) is 0 Å². The molecule has 0 radical (unpaired) electrons. The lowest BCUT2D eigenvalue weighted by atomic mass is 10.1. The molecular formula is C27H21BrClFN2O5. The van der Waals surface area contributed by atoms with E-state index < -0.39 is 17.8 Å². The number of anilines is 1. The Morgan fingerprint density at radius 3 is 2.51 bits per heavy atom. The van der Waals surface area contributed by atoms with Crippen molar-refractivity contribution in [1.82, 2.24) is 5.32 Å². The number of carbonyl (C=O) groups excluding carboxylic acids is 3. The van der Waals surface area contributed by atoms with Gasteiger partial charge in [-0.15, -0.1) is 0 Å². The van der Waals surface area contributed by atoms with Gasteiger partial charge in [0.15, 0.2) is 11.5 Å². The maximum absolute atomic E-state index is 13.3. The summed E-state index contributed by atoms with van der Waals surface area (Å²) in [6.07, 6.45) is 1.37. The highest BCUT2D eigenvalue weighted by Gasteiger charge is 2.37. The van der Waals surface area contributed by atoms with Crippen LogP contribution in [-0.4, -0.2) is 24.5 Å². The van der Waals surface area contributed by atoms with Gasteiger partial charge >= 0.3 is 6.03 Å². The van der Waals surface area contributed by atoms with Gasteiger partial charge in [-0.3, -0.25) is 14.9 Å². The van der Waals surface area contributed by atoms with Crippen molar-refractivity contribution < 1.29 is 28.2 Å². The Bertz CT molecular complexity index is 1430.